The minimum Gasteiger partial charge on any atom is -0.388 e. The molecule has 0 unspecified atom stereocenters. The number of benzene rings is 1. The van der Waals surface area contributed by atoms with Crippen LogP contribution in [-0.4, -0.2) is 33.4 Å². The summed E-state index contributed by atoms with van der Waals surface area (Å²) in [5.41, 5.74) is 0. The quantitative estimate of drug-likeness (QED) is 0.420. The summed E-state index contributed by atoms with van der Waals surface area (Å²) in [5.74, 6) is 0. The van der Waals surface area contributed by atoms with E-state index in [9.17, 15) is 4.79 Å². The van der Waals surface area contributed by atoms with E-state index in [-0.39, 0.29) is 12.2 Å². The molecular weight excluding hydrogens is 270 g/mol. The zero-order chi connectivity index (χ0) is 15.0. The summed E-state index contributed by atoms with van der Waals surface area (Å²) < 4.78 is 12.4. The average Bonchev–Trinajstić information content (AvgIpc) is 2.38. The fourth-order valence-corrected chi connectivity index (χ4v) is 5.61. The molecule has 0 saturated carbocycles. The first-order chi connectivity index (χ1) is 9.50. The first kappa shape index (κ1) is 16.8. The second-order valence-corrected chi connectivity index (χ2v) is 8.23. The lowest BCUT2D eigenvalue weighted by Crippen LogP contribution is -2.56. The third kappa shape index (κ3) is 5.02. The number of aliphatic imine (C=N–C) groups is 1. The zero-order valence-electron chi connectivity index (χ0n) is 12.6. The van der Waals surface area contributed by atoms with Gasteiger partial charge in [-0.25, -0.2) is 9.79 Å². The Bertz CT molecular complexity index is 432. The summed E-state index contributed by atoms with van der Waals surface area (Å²) >= 11 is 0. The molecule has 5 heteroatoms. The topological polar surface area (TPSA) is 47.9 Å². The summed E-state index contributed by atoms with van der Waals surface area (Å²) in [6.45, 7) is 8.37. The van der Waals surface area contributed by atoms with Gasteiger partial charge in [-0.15, -0.1) is 0 Å². The van der Waals surface area contributed by atoms with Crippen LogP contribution in [0.4, 0.5) is 0 Å². The van der Waals surface area contributed by atoms with Crippen molar-refractivity contribution in [3.05, 3.63) is 30.3 Å². The van der Waals surface area contributed by atoms with Crippen LogP contribution in [0.15, 0.2) is 35.3 Å². The number of carbonyl (C=O) groups excluding carboxylic acids is 1. The molecule has 0 spiro atoms. The maximum absolute atomic E-state index is 10.3. The Morgan fingerprint density at radius 1 is 1.10 bits per heavy atom. The third-order valence-electron chi connectivity index (χ3n) is 2.68. The molecule has 4 nitrogen and oxygen atoms in total. The molecule has 0 amide bonds. The van der Waals surface area contributed by atoms with Crippen LogP contribution in [0.5, 0.6) is 0 Å². The normalized spacial score (nSPS) is 11.7. The molecule has 0 saturated heterocycles. The molecule has 0 N–H and O–H groups in total. The van der Waals surface area contributed by atoms with Gasteiger partial charge in [-0.2, -0.15) is 0 Å². The van der Waals surface area contributed by atoms with Gasteiger partial charge in [-0.1, -0.05) is 30.3 Å². The molecule has 0 fully saturated rings. The van der Waals surface area contributed by atoms with Gasteiger partial charge in [0.05, 0.1) is 6.54 Å². The van der Waals surface area contributed by atoms with Crippen LogP contribution in [0.1, 0.15) is 27.7 Å². The van der Waals surface area contributed by atoms with E-state index in [1.54, 1.807) is 6.08 Å². The molecule has 1 rings (SSSR count). The number of hydrogen-bond acceptors (Lipinski definition) is 4. The van der Waals surface area contributed by atoms with Gasteiger partial charge in [0.2, 0.25) is 6.08 Å². The highest BCUT2D eigenvalue weighted by molar-refractivity contribution is 6.81. The second-order valence-electron chi connectivity index (χ2n) is 5.18. The lowest BCUT2D eigenvalue weighted by molar-refractivity contribution is 0.115. The van der Waals surface area contributed by atoms with Crippen LogP contribution < -0.4 is 5.19 Å². The molecule has 0 heterocycles. The van der Waals surface area contributed by atoms with E-state index in [2.05, 4.69) is 4.99 Å². The predicted molar refractivity (Wildman–Crippen MR) is 82.1 cm³/mol. The second kappa shape index (κ2) is 8.12. The van der Waals surface area contributed by atoms with Crippen molar-refractivity contribution in [2.75, 3.05) is 6.54 Å². The van der Waals surface area contributed by atoms with Crippen LogP contribution in [0.2, 0.25) is 6.04 Å². The standard InChI is InChI=1S/C15H23NO3Si/c1-13(2)18-20(19-14(3)4,11-10-16-12-17)15-8-6-5-7-9-15/h5-9,13-14H,10-11H2,1-4H3. The largest absolute Gasteiger partial charge is 0.388 e. The predicted octanol–water partition coefficient (Wildman–Crippen LogP) is 2.52. The molecule has 0 radical (unpaired) electrons. The van der Waals surface area contributed by atoms with Crippen molar-refractivity contribution in [1.29, 1.82) is 0 Å². The fraction of sp³-hybridized carbons (Fsp3) is 0.533. The van der Waals surface area contributed by atoms with Crippen LogP contribution >= 0.6 is 0 Å². The van der Waals surface area contributed by atoms with Crippen molar-refractivity contribution in [3.63, 3.8) is 0 Å². The first-order valence-electron chi connectivity index (χ1n) is 6.95. The van der Waals surface area contributed by atoms with Crippen molar-refractivity contribution >= 4 is 19.8 Å². The molecular formula is C15H23NO3Si. The van der Waals surface area contributed by atoms with E-state index in [0.717, 1.165) is 5.19 Å². The minimum absolute atomic E-state index is 0.0563. The van der Waals surface area contributed by atoms with Crippen LogP contribution in [0.25, 0.3) is 0 Å². The van der Waals surface area contributed by atoms with E-state index in [1.165, 1.54) is 0 Å². The summed E-state index contributed by atoms with van der Waals surface area (Å²) in [6, 6.07) is 10.6. The molecule has 1 aromatic carbocycles. The summed E-state index contributed by atoms with van der Waals surface area (Å²) in [4.78, 5) is 14.0. The molecule has 0 aliphatic rings. The van der Waals surface area contributed by atoms with Crippen LogP contribution in [-0.2, 0) is 13.6 Å². The Labute approximate surface area is 122 Å². The van der Waals surface area contributed by atoms with E-state index in [4.69, 9.17) is 8.85 Å². The molecule has 20 heavy (non-hydrogen) atoms. The van der Waals surface area contributed by atoms with Gasteiger partial charge in [-0.05, 0) is 32.9 Å². The zero-order valence-corrected chi connectivity index (χ0v) is 13.6. The van der Waals surface area contributed by atoms with Gasteiger partial charge in [0.15, 0.2) is 0 Å². The monoisotopic (exact) mass is 293 g/mol. The van der Waals surface area contributed by atoms with Crippen LogP contribution in [0, 0.1) is 0 Å². The third-order valence-corrected chi connectivity index (χ3v) is 6.48. The first-order valence-corrected chi connectivity index (χ1v) is 8.97. The summed E-state index contributed by atoms with van der Waals surface area (Å²) in [7, 11) is -2.61. The van der Waals surface area contributed by atoms with Crippen molar-refractivity contribution in [1.82, 2.24) is 0 Å². The minimum atomic E-state index is -2.61. The Balaban J connectivity index is 3.13. The number of isocyanates is 1. The van der Waals surface area contributed by atoms with Gasteiger partial charge in [0, 0.05) is 18.3 Å². The Morgan fingerprint density at radius 2 is 1.65 bits per heavy atom. The Morgan fingerprint density at radius 3 is 2.10 bits per heavy atom. The number of hydrogen-bond donors (Lipinski definition) is 0. The highest BCUT2D eigenvalue weighted by Gasteiger charge is 2.41. The van der Waals surface area contributed by atoms with E-state index in [0.29, 0.717) is 12.6 Å². The van der Waals surface area contributed by atoms with Gasteiger partial charge >= 0.3 is 8.56 Å². The fourth-order valence-electron chi connectivity index (χ4n) is 2.13. The summed E-state index contributed by atoms with van der Waals surface area (Å²) in [5, 5.41) is 1.07. The maximum Gasteiger partial charge on any atom is 0.374 e. The van der Waals surface area contributed by atoms with Crippen molar-refractivity contribution in [2.45, 2.75) is 45.9 Å². The SMILES string of the molecule is CC(C)O[Si](CCN=C=O)(OC(C)C)c1ccccc1. The molecule has 0 aromatic heterocycles. The molecule has 0 aliphatic carbocycles. The van der Waals surface area contributed by atoms with E-state index < -0.39 is 8.56 Å². The van der Waals surface area contributed by atoms with Crippen LogP contribution in [0.3, 0.4) is 0 Å². The number of nitrogens with zero attached hydrogens (tertiary/aromatic N) is 1. The van der Waals surface area contributed by atoms with Crippen molar-refractivity contribution in [2.24, 2.45) is 4.99 Å². The molecule has 1 aromatic rings. The van der Waals surface area contributed by atoms with Crippen molar-refractivity contribution in [3.8, 4) is 0 Å². The van der Waals surface area contributed by atoms with Gasteiger partial charge in [0.1, 0.15) is 0 Å². The lowest BCUT2D eigenvalue weighted by atomic mass is 10.4. The van der Waals surface area contributed by atoms with E-state index >= 15 is 0 Å². The summed E-state index contributed by atoms with van der Waals surface area (Å²) in [6.07, 6.45) is 1.70. The van der Waals surface area contributed by atoms with Gasteiger partial charge in [0.25, 0.3) is 0 Å². The smallest absolute Gasteiger partial charge is 0.374 e. The lowest BCUT2D eigenvalue weighted by Gasteiger charge is -2.34. The highest BCUT2D eigenvalue weighted by Crippen LogP contribution is 2.19. The molecule has 0 bridgehead atoms. The Hall–Kier alpha value is -1.26. The number of rotatable bonds is 8. The molecule has 0 aliphatic heterocycles. The molecule has 0 atom stereocenters. The van der Waals surface area contributed by atoms with Gasteiger partial charge < -0.3 is 8.85 Å². The maximum atomic E-state index is 10.3. The van der Waals surface area contributed by atoms with Gasteiger partial charge in [-0.3, -0.25) is 0 Å². The highest BCUT2D eigenvalue weighted by atomic mass is 28.4. The average molecular weight is 293 g/mol. The molecule has 110 valence electrons. The van der Waals surface area contributed by atoms with E-state index in [1.807, 2.05) is 58.0 Å². The van der Waals surface area contributed by atoms with Crippen molar-refractivity contribution < 1.29 is 13.6 Å². The Kier molecular flexibility index (Phi) is 6.82.